The Bertz CT molecular complexity index is 485. The molecular weight excluding hydrogens is 298 g/mol. The van der Waals surface area contributed by atoms with Crippen molar-refractivity contribution < 1.29 is 9.90 Å². The van der Waals surface area contributed by atoms with Crippen molar-refractivity contribution in [2.75, 3.05) is 18.0 Å². The minimum Gasteiger partial charge on any atom is -0.478 e. The van der Waals surface area contributed by atoms with Crippen molar-refractivity contribution in [3.8, 4) is 6.07 Å². The highest BCUT2D eigenvalue weighted by Gasteiger charge is 2.18. The molecule has 0 aliphatic heterocycles. The van der Waals surface area contributed by atoms with Gasteiger partial charge < -0.3 is 10.0 Å². The van der Waals surface area contributed by atoms with Crippen LogP contribution < -0.4 is 4.90 Å². The molecule has 0 bridgehead atoms. The molecule has 0 radical (unpaired) electrons. The molecule has 1 atom stereocenters. The first kappa shape index (κ1) is 14.5. The van der Waals surface area contributed by atoms with Gasteiger partial charge >= 0.3 is 5.97 Å². The summed E-state index contributed by atoms with van der Waals surface area (Å²) in [4.78, 5) is 17.1. The fourth-order valence-corrected chi connectivity index (χ4v) is 1.91. The van der Waals surface area contributed by atoms with Crippen LogP contribution in [0.2, 0.25) is 0 Å². The summed E-state index contributed by atoms with van der Waals surface area (Å²) >= 11 is 3.20. The number of nitrogens with zero attached hydrogens (tertiary/aromatic N) is 3. The van der Waals surface area contributed by atoms with Gasteiger partial charge in [-0.1, -0.05) is 0 Å². The van der Waals surface area contributed by atoms with Gasteiger partial charge in [0.05, 0.1) is 12.0 Å². The van der Waals surface area contributed by atoms with Gasteiger partial charge in [-0.15, -0.1) is 0 Å². The molecule has 0 amide bonds. The van der Waals surface area contributed by atoms with Crippen LogP contribution in [0.5, 0.6) is 0 Å². The Morgan fingerprint density at radius 2 is 2.39 bits per heavy atom. The van der Waals surface area contributed by atoms with E-state index in [1.165, 1.54) is 6.07 Å². The average Bonchev–Trinajstić information content (AvgIpc) is 2.35. The molecule has 1 unspecified atom stereocenters. The number of anilines is 1. The standard InChI is InChI=1S/C12H14BrN3O2/c1-3-16(7-8(2)5-14)11-10(12(17)18)4-9(13)6-15-11/h4,6,8H,3,7H2,1-2H3,(H,17,18). The van der Waals surface area contributed by atoms with Crippen LogP contribution in [0.1, 0.15) is 24.2 Å². The topological polar surface area (TPSA) is 77.2 Å². The average molecular weight is 312 g/mol. The van der Waals surface area contributed by atoms with Crippen molar-refractivity contribution in [1.82, 2.24) is 4.98 Å². The number of rotatable bonds is 5. The molecular formula is C12H14BrN3O2. The summed E-state index contributed by atoms with van der Waals surface area (Å²) in [6.07, 6.45) is 1.56. The van der Waals surface area contributed by atoms with Crippen molar-refractivity contribution in [3.63, 3.8) is 0 Å². The van der Waals surface area contributed by atoms with E-state index in [1.54, 1.807) is 18.0 Å². The van der Waals surface area contributed by atoms with Crippen LogP contribution in [0.4, 0.5) is 5.82 Å². The van der Waals surface area contributed by atoms with E-state index < -0.39 is 5.97 Å². The molecule has 0 saturated carbocycles. The highest BCUT2D eigenvalue weighted by atomic mass is 79.9. The molecule has 1 N–H and O–H groups in total. The van der Waals surface area contributed by atoms with Gasteiger partial charge in [-0.2, -0.15) is 5.26 Å². The number of aromatic nitrogens is 1. The second kappa shape index (κ2) is 6.36. The van der Waals surface area contributed by atoms with Crippen LogP contribution in [-0.4, -0.2) is 29.1 Å². The van der Waals surface area contributed by atoms with Crippen molar-refractivity contribution in [1.29, 1.82) is 5.26 Å². The maximum atomic E-state index is 11.2. The van der Waals surface area contributed by atoms with Gasteiger partial charge in [-0.05, 0) is 35.8 Å². The zero-order valence-corrected chi connectivity index (χ0v) is 11.8. The van der Waals surface area contributed by atoms with Crippen molar-refractivity contribution in [2.24, 2.45) is 5.92 Å². The van der Waals surface area contributed by atoms with E-state index >= 15 is 0 Å². The fraction of sp³-hybridized carbons (Fsp3) is 0.417. The second-order valence-corrected chi connectivity index (χ2v) is 4.81. The third-order valence-electron chi connectivity index (χ3n) is 2.46. The lowest BCUT2D eigenvalue weighted by molar-refractivity contribution is 0.0697. The number of halogens is 1. The van der Waals surface area contributed by atoms with E-state index in [9.17, 15) is 9.90 Å². The van der Waals surface area contributed by atoms with Crippen LogP contribution in [0.3, 0.4) is 0 Å². The minimum atomic E-state index is -1.03. The first-order valence-corrected chi connectivity index (χ1v) is 6.32. The normalized spacial score (nSPS) is 11.7. The molecule has 5 nitrogen and oxygen atoms in total. The maximum absolute atomic E-state index is 11.2. The van der Waals surface area contributed by atoms with Gasteiger partial charge in [-0.3, -0.25) is 0 Å². The molecule has 0 spiro atoms. The van der Waals surface area contributed by atoms with Crippen LogP contribution in [0, 0.1) is 17.2 Å². The third kappa shape index (κ3) is 3.44. The van der Waals surface area contributed by atoms with Crippen molar-refractivity contribution in [3.05, 3.63) is 22.3 Å². The summed E-state index contributed by atoms with van der Waals surface area (Å²) in [5, 5.41) is 18.0. The van der Waals surface area contributed by atoms with Crippen LogP contribution in [0.25, 0.3) is 0 Å². The zero-order valence-electron chi connectivity index (χ0n) is 10.2. The molecule has 0 aliphatic rings. The lowest BCUT2D eigenvalue weighted by Crippen LogP contribution is -2.30. The molecule has 0 aliphatic carbocycles. The van der Waals surface area contributed by atoms with E-state index in [2.05, 4.69) is 27.0 Å². The number of carboxylic acids is 1. The molecule has 1 heterocycles. The summed E-state index contributed by atoms with van der Waals surface area (Å²) in [6, 6.07) is 3.65. The smallest absolute Gasteiger partial charge is 0.339 e. The van der Waals surface area contributed by atoms with Crippen molar-refractivity contribution in [2.45, 2.75) is 13.8 Å². The highest BCUT2D eigenvalue weighted by Crippen LogP contribution is 2.22. The van der Waals surface area contributed by atoms with Crippen molar-refractivity contribution >= 4 is 27.7 Å². The Balaban J connectivity index is 3.13. The summed E-state index contributed by atoms with van der Waals surface area (Å²) in [6.45, 7) is 4.75. The summed E-state index contributed by atoms with van der Waals surface area (Å²) in [7, 11) is 0. The quantitative estimate of drug-likeness (QED) is 0.904. The number of aromatic carboxylic acids is 1. The number of carboxylic acid groups (broad SMARTS) is 1. The van der Waals surface area contributed by atoms with E-state index in [1.807, 2.05) is 6.92 Å². The number of carbonyl (C=O) groups is 1. The Labute approximate surface area is 114 Å². The Hall–Kier alpha value is -1.61. The first-order chi connectivity index (χ1) is 8.49. The third-order valence-corrected chi connectivity index (χ3v) is 2.89. The molecule has 1 rings (SSSR count). The van der Waals surface area contributed by atoms with Gasteiger partial charge in [-0.25, -0.2) is 9.78 Å². The highest BCUT2D eigenvalue weighted by molar-refractivity contribution is 9.10. The molecule has 0 saturated heterocycles. The largest absolute Gasteiger partial charge is 0.478 e. The lowest BCUT2D eigenvalue weighted by Gasteiger charge is -2.24. The summed E-state index contributed by atoms with van der Waals surface area (Å²) < 4.78 is 0.619. The van der Waals surface area contributed by atoms with Gasteiger partial charge in [0.25, 0.3) is 0 Å². The summed E-state index contributed by atoms with van der Waals surface area (Å²) in [5.74, 6) is -0.811. The van der Waals surface area contributed by atoms with Gasteiger partial charge in [0.2, 0.25) is 0 Å². The van der Waals surface area contributed by atoms with E-state index in [4.69, 9.17) is 5.26 Å². The Morgan fingerprint density at radius 3 is 2.89 bits per heavy atom. The molecule has 1 aromatic heterocycles. The van der Waals surface area contributed by atoms with E-state index in [0.717, 1.165) is 0 Å². The molecule has 18 heavy (non-hydrogen) atoms. The predicted molar refractivity (Wildman–Crippen MR) is 71.6 cm³/mol. The molecule has 0 aromatic carbocycles. The molecule has 0 fully saturated rings. The van der Waals surface area contributed by atoms with Gasteiger partial charge in [0.1, 0.15) is 11.4 Å². The zero-order chi connectivity index (χ0) is 13.7. The second-order valence-electron chi connectivity index (χ2n) is 3.90. The predicted octanol–water partition coefficient (Wildman–Crippen LogP) is 2.53. The SMILES string of the molecule is CCN(CC(C)C#N)c1ncc(Br)cc1C(=O)O. The molecule has 6 heteroatoms. The van der Waals surface area contributed by atoms with Crippen LogP contribution in [0.15, 0.2) is 16.7 Å². The Morgan fingerprint density at radius 1 is 1.72 bits per heavy atom. The lowest BCUT2D eigenvalue weighted by atomic mass is 10.1. The van der Waals surface area contributed by atoms with Gasteiger partial charge in [0.15, 0.2) is 0 Å². The number of pyridine rings is 1. The van der Waals surface area contributed by atoms with Gasteiger partial charge in [0, 0.05) is 23.8 Å². The summed E-state index contributed by atoms with van der Waals surface area (Å²) in [5.41, 5.74) is 0.136. The van der Waals surface area contributed by atoms with Crippen LogP contribution in [-0.2, 0) is 0 Å². The van der Waals surface area contributed by atoms with E-state index in [-0.39, 0.29) is 11.5 Å². The molecule has 96 valence electrons. The molecule has 1 aromatic rings. The van der Waals surface area contributed by atoms with E-state index in [0.29, 0.717) is 23.4 Å². The number of hydrogen-bond donors (Lipinski definition) is 1. The maximum Gasteiger partial charge on any atom is 0.339 e. The minimum absolute atomic E-state index is 0.136. The Kier molecular flexibility index (Phi) is 5.10. The monoisotopic (exact) mass is 311 g/mol. The number of nitriles is 1. The van der Waals surface area contributed by atoms with Crippen LogP contribution >= 0.6 is 15.9 Å². The first-order valence-electron chi connectivity index (χ1n) is 5.53. The fourth-order valence-electron chi connectivity index (χ4n) is 1.58. The number of hydrogen-bond acceptors (Lipinski definition) is 4.